The molecule has 2 aromatic heterocycles. The zero-order chi connectivity index (χ0) is 35.2. The van der Waals surface area contributed by atoms with Gasteiger partial charge in [-0.3, -0.25) is 9.69 Å². The number of morpholine rings is 1. The molecule has 49 heavy (non-hydrogen) atoms. The molecule has 12 heteroatoms. The summed E-state index contributed by atoms with van der Waals surface area (Å²) >= 11 is 0. The molecule has 3 aliphatic heterocycles. The van der Waals surface area contributed by atoms with Gasteiger partial charge in [0.15, 0.2) is 0 Å². The highest BCUT2D eigenvalue weighted by Crippen LogP contribution is 2.38. The van der Waals surface area contributed by atoms with Crippen molar-refractivity contribution in [1.82, 2.24) is 24.1 Å². The van der Waals surface area contributed by atoms with Gasteiger partial charge in [-0.15, -0.1) is 0 Å². The van der Waals surface area contributed by atoms with Crippen molar-refractivity contribution in [3.8, 4) is 11.1 Å². The predicted octanol–water partition coefficient (Wildman–Crippen LogP) is 5.90. The first-order valence-electron chi connectivity index (χ1n) is 17.4. The van der Waals surface area contributed by atoms with Crippen LogP contribution < -0.4 is 0 Å². The number of hydrogen-bond donors (Lipinski definition) is 0. The molecule has 0 radical (unpaired) electrons. The lowest BCUT2D eigenvalue weighted by molar-refractivity contribution is -0.0286. The van der Waals surface area contributed by atoms with Crippen LogP contribution in [0.3, 0.4) is 0 Å². The number of benzene rings is 1. The average Bonchev–Trinajstić information content (AvgIpc) is 3.60. The van der Waals surface area contributed by atoms with Crippen molar-refractivity contribution < 1.29 is 32.6 Å². The van der Waals surface area contributed by atoms with Crippen molar-refractivity contribution in [2.24, 2.45) is 5.92 Å². The molecule has 5 heterocycles. The van der Waals surface area contributed by atoms with Crippen LogP contribution in [-0.4, -0.2) is 112 Å². The zero-order valence-corrected chi connectivity index (χ0v) is 29.7. The minimum Gasteiger partial charge on any atom is -0.444 e. The summed E-state index contributed by atoms with van der Waals surface area (Å²) in [5.74, 6) is -0.487. The quantitative estimate of drug-likeness (QED) is 0.293. The maximum Gasteiger partial charge on any atom is 0.410 e. The lowest BCUT2D eigenvalue weighted by Gasteiger charge is -2.46. The van der Waals surface area contributed by atoms with E-state index in [9.17, 15) is 14.0 Å². The number of pyridine rings is 1. The van der Waals surface area contributed by atoms with Gasteiger partial charge < -0.3 is 28.4 Å². The SMILES string of the molecule is Cc1nc(F)c2c(-c3ccc(F)cc3C(=O)N3CCOC[C@H]3C)cc(C3CN([C@H](CO[C@@H]4CCN(C(=O)OC(C)(C)C)C4)C(C)C)C3)cn12. The Morgan fingerprint density at radius 1 is 1.08 bits per heavy atom. The van der Waals surface area contributed by atoms with E-state index >= 15 is 4.39 Å². The standard InChI is InChI=1S/C37H49F2N5O5/c1-22(2)32(21-48-28-10-11-41(19-28)36(46)49-37(5,6)7)42-16-26(17-42)25-14-30(33-34(39)40-24(4)44(33)18-25)29-9-8-27(38)15-31(29)35(45)43-12-13-47-20-23(43)3/h8-9,14-15,18,22-23,26,28,32H,10-13,16-17,19-21H2,1-7H3/t23-,28-,32-/m1/s1. The molecule has 3 aliphatic rings. The molecule has 2 amide bonds. The fourth-order valence-corrected chi connectivity index (χ4v) is 7.18. The number of rotatable bonds is 8. The molecule has 266 valence electrons. The van der Waals surface area contributed by atoms with Crippen molar-refractivity contribution in [2.45, 2.75) is 84.6 Å². The molecule has 3 atom stereocenters. The number of carbonyl (C=O) groups is 2. The van der Waals surface area contributed by atoms with E-state index in [1.54, 1.807) is 27.2 Å². The van der Waals surface area contributed by atoms with E-state index in [0.717, 1.165) is 25.1 Å². The molecule has 3 saturated heterocycles. The summed E-state index contributed by atoms with van der Waals surface area (Å²) in [5.41, 5.74) is 1.89. The topological polar surface area (TPSA) is 88.9 Å². The first-order chi connectivity index (χ1) is 23.2. The van der Waals surface area contributed by atoms with E-state index in [1.165, 1.54) is 12.1 Å². The van der Waals surface area contributed by atoms with E-state index in [0.29, 0.717) is 62.3 Å². The second-order valence-electron chi connectivity index (χ2n) is 15.1. The summed E-state index contributed by atoms with van der Waals surface area (Å²) in [6.45, 7) is 18.1. The van der Waals surface area contributed by atoms with Crippen LogP contribution in [0.15, 0.2) is 30.5 Å². The van der Waals surface area contributed by atoms with Crippen LogP contribution in [0.1, 0.15) is 75.6 Å². The van der Waals surface area contributed by atoms with Gasteiger partial charge in [0, 0.05) is 49.9 Å². The largest absolute Gasteiger partial charge is 0.444 e. The normalized spacial score (nSPS) is 21.4. The fourth-order valence-electron chi connectivity index (χ4n) is 7.18. The Hall–Kier alpha value is -3.61. The van der Waals surface area contributed by atoms with Crippen LogP contribution >= 0.6 is 0 Å². The number of aromatic nitrogens is 2. The van der Waals surface area contributed by atoms with Crippen molar-refractivity contribution in [3.05, 3.63) is 59.2 Å². The van der Waals surface area contributed by atoms with Crippen LogP contribution in [0.5, 0.6) is 0 Å². The van der Waals surface area contributed by atoms with Crippen molar-refractivity contribution in [3.63, 3.8) is 0 Å². The van der Waals surface area contributed by atoms with Gasteiger partial charge in [-0.05, 0) is 76.3 Å². The molecular formula is C37H49F2N5O5. The first kappa shape index (κ1) is 35.2. The predicted molar refractivity (Wildman–Crippen MR) is 182 cm³/mol. The number of ether oxygens (including phenoxy) is 3. The lowest BCUT2D eigenvalue weighted by Crippen LogP contribution is -2.54. The third kappa shape index (κ3) is 7.46. The Balaban J connectivity index is 1.20. The molecule has 10 nitrogen and oxygen atoms in total. The van der Waals surface area contributed by atoms with Crippen LogP contribution in [-0.2, 0) is 14.2 Å². The van der Waals surface area contributed by atoms with Gasteiger partial charge in [0.2, 0.25) is 5.95 Å². The molecule has 0 unspecified atom stereocenters. The van der Waals surface area contributed by atoms with Gasteiger partial charge in [0.1, 0.15) is 22.8 Å². The summed E-state index contributed by atoms with van der Waals surface area (Å²) in [6.07, 6.45) is 2.37. The van der Waals surface area contributed by atoms with E-state index in [4.69, 9.17) is 14.2 Å². The Morgan fingerprint density at radius 3 is 2.53 bits per heavy atom. The smallest absolute Gasteiger partial charge is 0.410 e. The molecule has 6 rings (SSSR count). The number of hydrogen-bond acceptors (Lipinski definition) is 7. The Morgan fingerprint density at radius 2 is 1.84 bits per heavy atom. The molecule has 0 aliphatic carbocycles. The summed E-state index contributed by atoms with van der Waals surface area (Å²) in [7, 11) is 0. The summed E-state index contributed by atoms with van der Waals surface area (Å²) in [4.78, 5) is 36.3. The van der Waals surface area contributed by atoms with Gasteiger partial charge in [0.25, 0.3) is 5.91 Å². The Bertz CT molecular complexity index is 1700. The van der Waals surface area contributed by atoms with E-state index in [1.807, 2.05) is 40.0 Å². The van der Waals surface area contributed by atoms with Gasteiger partial charge in [0.05, 0.1) is 44.1 Å². The van der Waals surface area contributed by atoms with Crippen LogP contribution in [0.2, 0.25) is 0 Å². The van der Waals surface area contributed by atoms with Crippen LogP contribution in [0, 0.1) is 24.6 Å². The number of halogens is 2. The zero-order valence-electron chi connectivity index (χ0n) is 29.7. The molecule has 0 spiro atoms. The van der Waals surface area contributed by atoms with E-state index < -0.39 is 17.4 Å². The number of carbonyl (C=O) groups excluding carboxylic acids is 2. The number of likely N-dealkylation sites (tertiary alicyclic amines) is 2. The molecule has 3 fully saturated rings. The van der Waals surface area contributed by atoms with Crippen LogP contribution in [0.4, 0.5) is 13.6 Å². The second-order valence-corrected chi connectivity index (χ2v) is 15.1. The number of nitrogens with zero attached hydrogens (tertiary/aromatic N) is 5. The summed E-state index contributed by atoms with van der Waals surface area (Å²) in [5, 5.41) is 0. The molecule has 1 aromatic carbocycles. The maximum atomic E-state index is 15.5. The minimum absolute atomic E-state index is 0.0389. The summed E-state index contributed by atoms with van der Waals surface area (Å²) in [6, 6.07) is 6.08. The monoisotopic (exact) mass is 681 g/mol. The van der Waals surface area contributed by atoms with Gasteiger partial charge in [-0.25, -0.2) is 14.2 Å². The highest BCUT2D eigenvalue weighted by Gasteiger charge is 2.38. The minimum atomic E-state index is -0.633. The van der Waals surface area contributed by atoms with Crippen molar-refractivity contribution >= 4 is 17.5 Å². The van der Waals surface area contributed by atoms with E-state index in [2.05, 4.69) is 23.7 Å². The van der Waals surface area contributed by atoms with Gasteiger partial charge in [-0.2, -0.15) is 4.39 Å². The average molecular weight is 682 g/mol. The molecule has 0 saturated carbocycles. The maximum absolute atomic E-state index is 15.5. The molecule has 3 aromatic rings. The molecule has 0 bridgehead atoms. The van der Waals surface area contributed by atoms with Gasteiger partial charge in [-0.1, -0.05) is 19.9 Å². The summed E-state index contributed by atoms with van der Waals surface area (Å²) < 4.78 is 49.3. The number of fused-ring (bicyclic) bond motifs is 1. The van der Waals surface area contributed by atoms with Crippen molar-refractivity contribution in [2.75, 3.05) is 52.5 Å². The Kier molecular flexibility index (Phi) is 10.0. The van der Waals surface area contributed by atoms with E-state index in [-0.39, 0.29) is 47.2 Å². The van der Waals surface area contributed by atoms with Crippen molar-refractivity contribution in [1.29, 1.82) is 0 Å². The number of imidazole rings is 1. The lowest BCUT2D eigenvalue weighted by atomic mass is 9.86. The molecular weight excluding hydrogens is 632 g/mol. The highest BCUT2D eigenvalue weighted by molar-refractivity contribution is 6.03. The third-order valence-electron chi connectivity index (χ3n) is 9.94. The first-order valence-corrected chi connectivity index (χ1v) is 17.4. The van der Waals surface area contributed by atoms with Gasteiger partial charge >= 0.3 is 6.09 Å². The number of aryl methyl sites for hydroxylation is 1. The number of amides is 2. The fraction of sp³-hybridized carbons (Fsp3) is 0.595. The Labute approximate surface area is 287 Å². The van der Waals surface area contributed by atoms with Crippen LogP contribution in [0.25, 0.3) is 16.6 Å². The second kappa shape index (κ2) is 14.0. The highest BCUT2D eigenvalue weighted by atomic mass is 19.1. The molecule has 0 N–H and O–H groups in total. The third-order valence-corrected chi connectivity index (χ3v) is 9.94.